The zero-order valence-electron chi connectivity index (χ0n) is 26.3. The number of halogens is 2. The maximum atomic E-state index is 16.6. The molecule has 0 radical (unpaired) electrons. The highest BCUT2D eigenvalue weighted by Gasteiger charge is 2.32. The second-order valence-electron chi connectivity index (χ2n) is 11.9. The fraction of sp³-hybridized carbons (Fsp3) is 0.412. The van der Waals surface area contributed by atoms with Crippen molar-refractivity contribution in [2.75, 3.05) is 51.3 Å². The molecule has 2 fully saturated rings. The first-order valence-electron chi connectivity index (χ1n) is 15.4. The average molecular weight is 648 g/mol. The second-order valence-corrected chi connectivity index (χ2v) is 12.3. The molecule has 46 heavy (non-hydrogen) atoms. The molecule has 2 aliphatic rings. The number of aryl methyl sites for hydroxylation is 1. The highest BCUT2D eigenvalue weighted by Crippen LogP contribution is 2.37. The van der Waals surface area contributed by atoms with Gasteiger partial charge in [-0.25, -0.2) is 4.39 Å². The fourth-order valence-corrected chi connectivity index (χ4v) is 6.55. The molecule has 242 valence electrons. The monoisotopic (exact) mass is 647 g/mol. The minimum atomic E-state index is -0.669. The number of rotatable bonds is 9. The quantitative estimate of drug-likeness (QED) is 0.241. The molecule has 10 nitrogen and oxygen atoms in total. The van der Waals surface area contributed by atoms with Crippen molar-refractivity contribution in [1.29, 1.82) is 5.26 Å². The van der Waals surface area contributed by atoms with E-state index in [1.165, 1.54) is 6.08 Å². The number of carbonyl (C=O) groups is 1. The summed E-state index contributed by atoms with van der Waals surface area (Å²) in [5.41, 5.74) is 7.99. The van der Waals surface area contributed by atoms with Crippen molar-refractivity contribution in [3.05, 3.63) is 69.7 Å². The molecular formula is C34H39ClFN7O3. The Bertz CT molecular complexity index is 1720. The summed E-state index contributed by atoms with van der Waals surface area (Å²) in [5, 5.41) is 20.7. The highest BCUT2D eigenvalue weighted by atomic mass is 35.5. The highest BCUT2D eigenvalue weighted by molar-refractivity contribution is 6.33. The maximum Gasteiger partial charge on any atom is 0.319 e. The third-order valence-electron chi connectivity index (χ3n) is 8.77. The molecule has 3 N–H and O–H groups in total. The van der Waals surface area contributed by atoms with E-state index in [0.29, 0.717) is 36.5 Å². The summed E-state index contributed by atoms with van der Waals surface area (Å²) in [6.45, 7) is 5.75. The summed E-state index contributed by atoms with van der Waals surface area (Å²) in [6, 6.07) is 11.2. The van der Waals surface area contributed by atoms with Crippen LogP contribution in [-0.4, -0.2) is 89.2 Å². The number of anilines is 1. The van der Waals surface area contributed by atoms with Crippen LogP contribution in [0.5, 0.6) is 6.01 Å². The number of ether oxygens (including phenoxy) is 1. The zero-order chi connectivity index (χ0) is 33.0. The number of carbonyl (C=O) groups excluding carboxylic acids is 1. The van der Waals surface area contributed by atoms with Crippen molar-refractivity contribution in [2.24, 2.45) is 5.73 Å². The Morgan fingerprint density at radius 3 is 2.74 bits per heavy atom. The third kappa shape index (κ3) is 7.09. The molecule has 12 heteroatoms. The summed E-state index contributed by atoms with van der Waals surface area (Å²) < 4.78 is 22.6. The Balaban J connectivity index is 1.57. The van der Waals surface area contributed by atoms with Crippen molar-refractivity contribution in [1.82, 2.24) is 19.8 Å². The van der Waals surface area contributed by atoms with Crippen LogP contribution in [0.15, 0.2) is 42.2 Å². The fourth-order valence-electron chi connectivity index (χ4n) is 6.20. The number of likely N-dealkylation sites (tertiary alicyclic amines) is 1. The van der Waals surface area contributed by atoms with E-state index in [1.54, 1.807) is 24.0 Å². The van der Waals surface area contributed by atoms with Crippen LogP contribution in [-0.2, 0) is 4.79 Å². The number of amides is 1. The van der Waals surface area contributed by atoms with Crippen LogP contribution in [0.3, 0.4) is 0 Å². The smallest absolute Gasteiger partial charge is 0.319 e. The van der Waals surface area contributed by atoms with E-state index >= 15 is 4.39 Å². The van der Waals surface area contributed by atoms with Gasteiger partial charge in [0.15, 0.2) is 5.82 Å². The first kappa shape index (κ1) is 33.1. The number of hydrogen-bond acceptors (Lipinski definition) is 9. The molecule has 0 saturated carbocycles. The molecule has 0 unspecified atom stereocenters. The number of benzene rings is 2. The Hall–Kier alpha value is -4.24. The van der Waals surface area contributed by atoms with Gasteiger partial charge >= 0.3 is 6.01 Å². The molecule has 2 saturated heterocycles. The molecule has 2 aliphatic heterocycles. The Labute approximate surface area is 273 Å². The molecule has 0 bridgehead atoms. The van der Waals surface area contributed by atoms with Crippen LogP contribution >= 0.6 is 11.6 Å². The van der Waals surface area contributed by atoms with Gasteiger partial charge in [0.05, 0.1) is 30.1 Å². The zero-order valence-corrected chi connectivity index (χ0v) is 27.1. The number of allylic oxidation sites excluding steroid dienone is 2. The second kappa shape index (κ2) is 14.5. The predicted octanol–water partition coefficient (Wildman–Crippen LogP) is 5.10. The van der Waals surface area contributed by atoms with Gasteiger partial charge in [0, 0.05) is 36.6 Å². The van der Waals surface area contributed by atoms with E-state index in [4.69, 9.17) is 27.1 Å². The van der Waals surface area contributed by atoms with E-state index in [1.807, 2.05) is 43.1 Å². The maximum absolute atomic E-state index is 16.6. The lowest BCUT2D eigenvalue weighted by molar-refractivity contribution is -0.132. The standard InChI is InChI=1S/C34H39ClFN7O3/c1-21-7-4-5-8-23(21)16-26(44)15-22(2)30-28(35)17-27-32(31(30)36)39-34(46-20-25-9-6-12-41(25)3)40-33(27)42-13-14-43(29(45)18-38)24(19-42)10-11-37/h4-5,7-8,15-17,24-25,44H,6,9-10,12-14,18-20,38H2,1-3H3/b22-15+,26-16+/t24-,25-/m0/s1. The van der Waals surface area contributed by atoms with Crippen molar-refractivity contribution < 1.29 is 19.0 Å². The van der Waals surface area contributed by atoms with Gasteiger partial charge in [-0.15, -0.1) is 0 Å². The van der Waals surface area contributed by atoms with E-state index in [-0.39, 0.29) is 59.3 Å². The van der Waals surface area contributed by atoms with Crippen LogP contribution in [0.25, 0.3) is 22.6 Å². The third-order valence-corrected chi connectivity index (χ3v) is 9.07. The summed E-state index contributed by atoms with van der Waals surface area (Å²) in [6.07, 6.45) is 5.23. The number of fused-ring (bicyclic) bond motifs is 1. The molecule has 5 rings (SSSR count). The van der Waals surface area contributed by atoms with Gasteiger partial charge in [0.25, 0.3) is 0 Å². The summed E-state index contributed by atoms with van der Waals surface area (Å²) in [7, 11) is 2.04. The van der Waals surface area contributed by atoms with Crippen LogP contribution in [0, 0.1) is 24.1 Å². The van der Waals surface area contributed by atoms with E-state index < -0.39 is 11.9 Å². The van der Waals surface area contributed by atoms with Crippen molar-refractivity contribution in [3.63, 3.8) is 0 Å². The normalized spacial score (nSPS) is 19.5. The molecular weight excluding hydrogens is 609 g/mol. The van der Waals surface area contributed by atoms with E-state index in [2.05, 4.69) is 16.0 Å². The Morgan fingerprint density at radius 2 is 2.04 bits per heavy atom. The lowest BCUT2D eigenvalue weighted by Gasteiger charge is -2.41. The molecule has 2 aromatic carbocycles. The Kier molecular flexibility index (Phi) is 10.4. The number of aromatic nitrogens is 2. The molecule has 1 amide bonds. The Morgan fingerprint density at radius 1 is 1.26 bits per heavy atom. The molecule has 3 heterocycles. The van der Waals surface area contributed by atoms with Gasteiger partial charge in [-0.3, -0.25) is 4.79 Å². The SMILES string of the molecule is C/C(=C\C(O)=C/c1ccccc1C)c1c(Cl)cc2c(N3CCN(C(=O)CN)[C@@H](CC#N)C3)nc(OC[C@@H]3CCCN3C)nc2c1F. The largest absolute Gasteiger partial charge is 0.508 e. The first-order valence-corrected chi connectivity index (χ1v) is 15.8. The minimum Gasteiger partial charge on any atom is -0.508 e. The van der Waals surface area contributed by atoms with Crippen LogP contribution in [0.2, 0.25) is 5.02 Å². The molecule has 3 aromatic rings. The number of aliphatic hydroxyl groups is 1. The number of nitrogens with zero attached hydrogens (tertiary/aromatic N) is 6. The molecule has 1 aromatic heterocycles. The van der Waals surface area contributed by atoms with Crippen LogP contribution < -0.4 is 15.4 Å². The van der Waals surface area contributed by atoms with Crippen molar-refractivity contribution in [3.8, 4) is 12.1 Å². The van der Waals surface area contributed by atoms with Gasteiger partial charge in [-0.1, -0.05) is 35.9 Å². The van der Waals surface area contributed by atoms with Gasteiger partial charge in [0.2, 0.25) is 5.91 Å². The van der Waals surface area contributed by atoms with Crippen molar-refractivity contribution in [2.45, 2.75) is 45.2 Å². The molecule has 0 aliphatic carbocycles. The van der Waals surface area contributed by atoms with Crippen molar-refractivity contribution >= 4 is 45.9 Å². The van der Waals surface area contributed by atoms with Crippen LogP contribution in [0.1, 0.15) is 42.9 Å². The number of hydrogen-bond donors (Lipinski definition) is 2. The van der Waals surface area contributed by atoms with Gasteiger partial charge in [0.1, 0.15) is 23.7 Å². The van der Waals surface area contributed by atoms with E-state index in [9.17, 15) is 15.2 Å². The number of piperazine rings is 1. The number of aliphatic hydroxyl groups excluding tert-OH is 1. The first-order chi connectivity index (χ1) is 22.1. The lowest BCUT2D eigenvalue weighted by atomic mass is 10.0. The van der Waals surface area contributed by atoms with E-state index in [0.717, 1.165) is 30.5 Å². The molecule has 0 spiro atoms. The lowest BCUT2D eigenvalue weighted by Crippen LogP contribution is -2.56. The number of likely N-dealkylation sites (N-methyl/N-ethyl adjacent to an activating group) is 1. The summed E-state index contributed by atoms with van der Waals surface area (Å²) in [4.78, 5) is 27.5. The number of nitriles is 1. The van der Waals surface area contributed by atoms with Gasteiger partial charge < -0.3 is 30.3 Å². The number of nitrogens with two attached hydrogens (primary N) is 1. The minimum absolute atomic E-state index is 0.0200. The summed E-state index contributed by atoms with van der Waals surface area (Å²) >= 11 is 6.75. The average Bonchev–Trinajstić information content (AvgIpc) is 3.45. The topological polar surface area (TPSA) is 132 Å². The molecule has 2 atom stereocenters. The van der Waals surface area contributed by atoms with Crippen LogP contribution in [0.4, 0.5) is 10.2 Å². The summed E-state index contributed by atoms with van der Waals surface area (Å²) in [5.74, 6) is -0.558. The van der Waals surface area contributed by atoms with Gasteiger partial charge in [-0.05, 0) is 75.2 Å². The van der Waals surface area contributed by atoms with Gasteiger partial charge in [-0.2, -0.15) is 15.2 Å². The predicted molar refractivity (Wildman–Crippen MR) is 178 cm³/mol.